The number of carboxylic acid groups (broad SMARTS) is 1. The smallest absolute Gasteiger partial charge is 0.394 e. The molecule has 1 amide bonds. The van der Waals surface area contributed by atoms with Gasteiger partial charge in [0.25, 0.3) is 0 Å². The van der Waals surface area contributed by atoms with Gasteiger partial charge in [0.15, 0.2) is 0 Å². The zero-order chi connectivity index (χ0) is 9.84. The highest BCUT2D eigenvalue weighted by Crippen LogP contribution is 2.14. The Morgan fingerprint density at radius 2 is 2.23 bits per heavy atom. The van der Waals surface area contributed by atoms with Crippen LogP contribution in [0.15, 0.2) is 0 Å². The zero-order valence-electron chi connectivity index (χ0n) is 7.40. The summed E-state index contributed by atoms with van der Waals surface area (Å²) >= 11 is 0. The minimum absolute atomic E-state index is 0.261. The van der Waals surface area contributed by atoms with Gasteiger partial charge in [-0.1, -0.05) is 0 Å². The Hall–Kier alpha value is -1.10. The van der Waals surface area contributed by atoms with E-state index in [2.05, 4.69) is 0 Å². The van der Waals surface area contributed by atoms with Crippen LogP contribution in [0, 0.1) is 5.92 Å². The highest BCUT2D eigenvalue weighted by Gasteiger charge is 2.26. The molecule has 0 aromatic heterocycles. The Morgan fingerprint density at radius 1 is 1.54 bits per heavy atom. The summed E-state index contributed by atoms with van der Waals surface area (Å²) in [5.41, 5.74) is 5.46. The van der Waals surface area contributed by atoms with Crippen molar-refractivity contribution in [3.8, 4) is 0 Å². The molecular weight excluding hydrogens is 172 g/mol. The highest BCUT2D eigenvalue weighted by atomic mass is 16.4. The maximum atomic E-state index is 11.0. The maximum absolute atomic E-state index is 11.0. The van der Waals surface area contributed by atoms with Crippen LogP contribution in [0.25, 0.3) is 0 Å². The predicted octanol–water partition coefficient (Wildman–Crippen LogP) is -0.732. The fourth-order valence-corrected chi connectivity index (χ4v) is 1.58. The standard InChI is InChI=1S/C8H14N2O3/c9-4-6-2-1-3-10(5-6)7(11)8(12)13/h6H,1-5,9H2,(H,12,13). The largest absolute Gasteiger partial charge is 0.474 e. The van der Waals surface area contributed by atoms with Crippen LogP contribution in [0.5, 0.6) is 0 Å². The summed E-state index contributed by atoms with van der Waals surface area (Å²) in [4.78, 5) is 22.8. The van der Waals surface area contributed by atoms with E-state index in [1.807, 2.05) is 0 Å². The number of aliphatic carboxylic acids is 1. The molecule has 0 aromatic rings. The number of likely N-dealkylation sites (tertiary alicyclic amines) is 1. The summed E-state index contributed by atoms with van der Waals surface area (Å²) in [5.74, 6) is -1.92. The summed E-state index contributed by atoms with van der Waals surface area (Å²) in [7, 11) is 0. The van der Waals surface area contributed by atoms with Gasteiger partial charge in [0, 0.05) is 13.1 Å². The van der Waals surface area contributed by atoms with Crippen molar-refractivity contribution in [3.63, 3.8) is 0 Å². The fourth-order valence-electron chi connectivity index (χ4n) is 1.58. The number of hydrogen-bond donors (Lipinski definition) is 2. The lowest BCUT2D eigenvalue weighted by Crippen LogP contribution is -2.44. The molecule has 0 aliphatic carbocycles. The van der Waals surface area contributed by atoms with Crippen molar-refractivity contribution in [1.82, 2.24) is 4.90 Å². The number of nitrogens with two attached hydrogens (primary N) is 1. The number of hydrogen-bond acceptors (Lipinski definition) is 3. The van der Waals surface area contributed by atoms with E-state index in [0.29, 0.717) is 19.6 Å². The molecule has 5 nitrogen and oxygen atoms in total. The third-order valence-electron chi connectivity index (χ3n) is 2.32. The lowest BCUT2D eigenvalue weighted by Gasteiger charge is -2.30. The first-order valence-electron chi connectivity index (χ1n) is 4.37. The molecule has 3 N–H and O–H groups in total. The first-order chi connectivity index (χ1) is 6.15. The van der Waals surface area contributed by atoms with Crippen molar-refractivity contribution in [2.75, 3.05) is 19.6 Å². The van der Waals surface area contributed by atoms with Gasteiger partial charge in [-0.3, -0.25) is 4.79 Å². The molecule has 1 rings (SSSR count). The van der Waals surface area contributed by atoms with Crippen LogP contribution < -0.4 is 5.73 Å². The monoisotopic (exact) mass is 186 g/mol. The summed E-state index contributed by atoms with van der Waals surface area (Å²) in [5, 5.41) is 8.47. The Kier molecular flexibility index (Phi) is 3.25. The van der Waals surface area contributed by atoms with Gasteiger partial charge in [0.05, 0.1) is 0 Å². The van der Waals surface area contributed by atoms with Gasteiger partial charge in [0.2, 0.25) is 0 Å². The molecule has 13 heavy (non-hydrogen) atoms. The van der Waals surface area contributed by atoms with Crippen LogP contribution in [0.1, 0.15) is 12.8 Å². The Bertz CT molecular complexity index is 217. The van der Waals surface area contributed by atoms with Crippen LogP contribution in [0.4, 0.5) is 0 Å². The van der Waals surface area contributed by atoms with Gasteiger partial charge in [-0.2, -0.15) is 0 Å². The molecule has 0 radical (unpaired) electrons. The number of carboxylic acids is 1. The Morgan fingerprint density at radius 3 is 2.77 bits per heavy atom. The van der Waals surface area contributed by atoms with E-state index in [0.717, 1.165) is 12.8 Å². The van der Waals surface area contributed by atoms with E-state index in [1.54, 1.807) is 0 Å². The number of rotatable bonds is 1. The van der Waals surface area contributed by atoms with Crippen LogP contribution in [-0.4, -0.2) is 41.5 Å². The lowest BCUT2D eigenvalue weighted by molar-refractivity contribution is -0.156. The number of amides is 1. The molecule has 0 spiro atoms. The van der Waals surface area contributed by atoms with Crippen molar-refractivity contribution in [2.45, 2.75) is 12.8 Å². The molecule has 1 atom stereocenters. The van der Waals surface area contributed by atoms with Crippen LogP contribution >= 0.6 is 0 Å². The van der Waals surface area contributed by atoms with E-state index >= 15 is 0 Å². The van der Waals surface area contributed by atoms with Gasteiger partial charge < -0.3 is 15.7 Å². The van der Waals surface area contributed by atoms with Crippen molar-refractivity contribution in [1.29, 1.82) is 0 Å². The first-order valence-corrected chi connectivity index (χ1v) is 4.37. The normalized spacial score (nSPS) is 22.8. The van der Waals surface area contributed by atoms with Crippen molar-refractivity contribution < 1.29 is 14.7 Å². The van der Waals surface area contributed by atoms with E-state index in [9.17, 15) is 9.59 Å². The fraction of sp³-hybridized carbons (Fsp3) is 0.750. The zero-order valence-corrected chi connectivity index (χ0v) is 7.40. The summed E-state index contributed by atoms with van der Waals surface area (Å²) in [6.07, 6.45) is 1.83. The molecule has 0 saturated carbocycles. The molecule has 1 saturated heterocycles. The third kappa shape index (κ3) is 2.42. The second kappa shape index (κ2) is 4.23. The number of carbonyl (C=O) groups excluding carboxylic acids is 1. The van der Waals surface area contributed by atoms with E-state index < -0.39 is 11.9 Å². The molecular formula is C8H14N2O3. The van der Waals surface area contributed by atoms with Crippen LogP contribution in [0.2, 0.25) is 0 Å². The average molecular weight is 186 g/mol. The molecule has 1 aliphatic heterocycles. The van der Waals surface area contributed by atoms with Crippen molar-refractivity contribution in [3.05, 3.63) is 0 Å². The van der Waals surface area contributed by atoms with E-state index in [1.165, 1.54) is 4.90 Å². The van der Waals surface area contributed by atoms with E-state index in [-0.39, 0.29) is 5.92 Å². The van der Waals surface area contributed by atoms with Gasteiger partial charge in [-0.15, -0.1) is 0 Å². The Labute approximate surface area is 76.5 Å². The summed E-state index contributed by atoms with van der Waals surface area (Å²) in [6.45, 7) is 1.55. The topological polar surface area (TPSA) is 83.6 Å². The molecule has 1 fully saturated rings. The van der Waals surface area contributed by atoms with Gasteiger partial charge in [-0.05, 0) is 25.3 Å². The molecule has 0 aromatic carbocycles. The van der Waals surface area contributed by atoms with Gasteiger partial charge >= 0.3 is 11.9 Å². The van der Waals surface area contributed by atoms with Crippen molar-refractivity contribution in [2.24, 2.45) is 11.7 Å². The third-order valence-corrected chi connectivity index (χ3v) is 2.32. The molecule has 74 valence electrons. The minimum atomic E-state index is -1.38. The van der Waals surface area contributed by atoms with Gasteiger partial charge in [-0.25, -0.2) is 4.79 Å². The average Bonchev–Trinajstić information content (AvgIpc) is 2.16. The van der Waals surface area contributed by atoms with Crippen LogP contribution in [-0.2, 0) is 9.59 Å². The minimum Gasteiger partial charge on any atom is -0.474 e. The maximum Gasteiger partial charge on any atom is 0.394 e. The predicted molar refractivity (Wildman–Crippen MR) is 46.0 cm³/mol. The van der Waals surface area contributed by atoms with Crippen molar-refractivity contribution >= 4 is 11.9 Å². The number of piperidine rings is 1. The first kappa shape index (κ1) is 9.98. The second-order valence-electron chi connectivity index (χ2n) is 3.30. The molecule has 1 unspecified atom stereocenters. The summed E-state index contributed by atoms with van der Waals surface area (Å²) < 4.78 is 0. The highest BCUT2D eigenvalue weighted by molar-refractivity contribution is 6.31. The molecule has 1 heterocycles. The van der Waals surface area contributed by atoms with E-state index in [4.69, 9.17) is 10.8 Å². The number of nitrogens with zero attached hydrogens (tertiary/aromatic N) is 1. The molecule has 0 bridgehead atoms. The SMILES string of the molecule is NCC1CCCN(C(=O)C(=O)O)C1. The lowest BCUT2D eigenvalue weighted by atomic mass is 9.98. The molecule has 5 heteroatoms. The second-order valence-corrected chi connectivity index (χ2v) is 3.30. The van der Waals surface area contributed by atoms with Crippen LogP contribution in [0.3, 0.4) is 0 Å². The quantitative estimate of drug-likeness (QED) is 0.529. The molecule has 1 aliphatic rings. The Balaban J connectivity index is 2.51. The number of carbonyl (C=O) groups is 2. The van der Waals surface area contributed by atoms with Gasteiger partial charge in [0.1, 0.15) is 0 Å². The summed E-state index contributed by atoms with van der Waals surface area (Å²) in [6, 6.07) is 0.